The molecule has 1 aliphatic rings. The van der Waals surface area contributed by atoms with Crippen LogP contribution in [-0.4, -0.2) is 57.2 Å². The van der Waals surface area contributed by atoms with E-state index in [1.54, 1.807) is 12.4 Å². The minimum absolute atomic E-state index is 0.0152. The second kappa shape index (κ2) is 7.84. The van der Waals surface area contributed by atoms with Gasteiger partial charge in [-0.3, -0.25) is 4.79 Å². The number of benzene rings is 1. The highest BCUT2D eigenvalue weighted by Crippen LogP contribution is 2.29. The highest BCUT2D eigenvalue weighted by atomic mass is 16.1. The van der Waals surface area contributed by atoms with Crippen LogP contribution in [0.25, 0.3) is 11.2 Å². The summed E-state index contributed by atoms with van der Waals surface area (Å²) in [6.45, 7) is 3.17. The molecule has 27 heavy (non-hydrogen) atoms. The van der Waals surface area contributed by atoms with E-state index in [1.165, 1.54) is 0 Å². The van der Waals surface area contributed by atoms with Gasteiger partial charge in [0.25, 0.3) is 0 Å². The molecule has 1 aliphatic heterocycles. The summed E-state index contributed by atoms with van der Waals surface area (Å²) in [5, 5.41) is 7.77. The molecule has 0 saturated carbocycles. The van der Waals surface area contributed by atoms with E-state index in [2.05, 4.69) is 27.2 Å². The molecule has 4 rings (SSSR count). The Morgan fingerprint density at radius 3 is 2.81 bits per heavy atom. The molecule has 0 spiro atoms. The number of carbonyl (C=O) groups excluding carboxylic acids is 1. The van der Waals surface area contributed by atoms with Crippen LogP contribution in [0.4, 0.5) is 0 Å². The predicted octanol–water partition coefficient (Wildman–Crippen LogP) is 1.60. The van der Waals surface area contributed by atoms with Crippen LogP contribution in [-0.2, 0) is 17.8 Å². The van der Waals surface area contributed by atoms with Crippen LogP contribution < -0.4 is 5.32 Å². The molecular formula is C20H24N6O. The van der Waals surface area contributed by atoms with Crippen LogP contribution in [0.2, 0.25) is 0 Å². The van der Waals surface area contributed by atoms with Crippen molar-refractivity contribution in [3.05, 3.63) is 54.0 Å². The van der Waals surface area contributed by atoms with E-state index >= 15 is 0 Å². The Kier molecular flexibility index (Phi) is 5.11. The normalized spacial score (nSPS) is 17.4. The van der Waals surface area contributed by atoms with Crippen molar-refractivity contribution in [3.63, 3.8) is 0 Å². The highest BCUT2D eigenvalue weighted by Gasteiger charge is 2.27. The lowest BCUT2D eigenvalue weighted by molar-refractivity contribution is -0.120. The van der Waals surface area contributed by atoms with Crippen molar-refractivity contribution in [3.8, 4) is 0 Å². The van der Waals surface area contributed by atoms with E-state index in [-0.39, 0.29) is 5.91 Å². The summed E-state index contributed by atoms with van der Waals surface area (Å²) in [6.07, 6.45) is 4.89. The van der Waals surface area contributed by atoms with Crippen molar-refractivity contribution < 1.29 is 4.79 Å². The lowest BCUT2D eigenvalue weighted by atomic mass is 10.0. The minimum Gasteiger partial charge on any atom is -0.354 e. The molecule has 1 aromatic carbocycles. The fourth-order valence-corrected chi connectivity index (χ4v) is 3.66. The molecular weight excluding hydrogens is 340 g/mol. The van der Waals surface area contributed by atoms with Crippen molar-refractivity contribution in [2.75, 3.05) is 26.7 Å². The number of likely N-dealkylation sites (tertiary alicyclic amines) is 1. The Hall–Kier alpha value is -2.80. The van der Waals surface area contributed by atoms with Gasteiger partial charge >= 0.3 is 0 Å². The van der Waals surface area contributed by atoms with E-state index in [0.717, 1.165) is 41.9 Å². The maximum Gasteiger partial charge on any atom is 0.224 e. The molecule has 3 aromatic rings. The Labute approximate surface area is 158 Å². The van der Waals surface area contributed by atoms with E-state index in [9.17, 15) is 4.79 Å². The predicted molar refractivity (Wildman–Crippen MR) is 103 cm³/mol. The molecule has 1 amide bonds. The molecule has 1 fully saturated rings. The van der Waals surface area contributed by atoms with Gasteiger partial charge in [0.15, 0.2) is 5.65 Å². The molecule has 1 atom stereocenters. The molecule has 1 saturated heterocycles. The first-order valence-electron chi connectivity index (χ1n) is 9.37. The van der Waals surface area contributed by atoms with Crippen molar-refractivity contribution in [2.24, 2.45) is 0 Å². The van der Waals surface area contributed by atoms with E-state index in [0.29, 0.717) is 25.4 Å². The van der Waals surface area contributed by atoms with Crippen LogP contribution in [0.15, 0.2) is 42.7 Å². The van der Waals surface area contributed by atoms with Crippen LogP contribution in [0.1, 0.15) is 23.6 Å². The Morgan fingerprint density at radius 1 is 1.22 bits per heavy atom. The molecule has 0 unspecified atom stereocenters. The summed E-state index contributed by atoms with van der Waals surface area (Å²) in [7, 11) is 2.13. The van der Waals surface area contributed by atoms with Crippen molar-refractivity contribution in [1.29, 1.82) is 0 Å². The second-order valence-corrected chi connectivity index (χ2v) is 7.10. The van der Waals surface area contributed by atoms with Crippen LogP contribution >= 0.6 is 0 Å². The largest absolute Gasteiger partial charge is 0.354 e. The summed E-state index contributed by atoms with van der Waals surface area (Å²) < 4.78 is 1.87. The standard InChI is InChI=1S/C20H24N6O/c1-25-11-7-16(14-25)18-19-20(23-9-8-22-19)26(24-18)12-10-21-17(27)13-15-5-3-2-4-6-15/h2-6,8-9,16H,7,10-14H2,1H3,(H,21,27)/t16-/m0/s1. The minimum atomic E-state index is 0.0152. The third-order valence-electron chi connectivity index (χ3n) is 5.03. The molecule has 3 heterocycles. The number of aromatic nitrogens is 4. The van der Waals surface area contributed by atoms with Crippen molar-refractivity contribution in [2.45, 2.75) is 25.3 Å². The SMILES string of the molecule is CN1CC[C@H](c2nn(CCNC(=O)Cc3ccccc3)c3nccnc23)C1. The van der Waals surface area contributed by atoms with Crippen molar-refractivity contribution >= 4 is 17.1 Å². The number of rotatable bonds is 6. The van der Waals surface area contributed by atoms with Gasteiger partial charge in [0, 0.05) is 31.4 Å². The Morgan fingerprint density at radius 2 is 2.04 bits per heavy atom. The van der Waals surface area contributed by atoms with E-state index in [4.69, 9.17) is 5.10 Å². The van der Waals surface area contributed by atoms with Gasteiger partial charge in [-0.15, -0.1) is 0 Å². The molecule has 7 nitrogen and oxygen atoms in total. The van der Waals surface area contributed by atoms with E-state index < -0.39 is 0 Å². The van der Waals surface area contributed by atoms with Gasteiger partial charge in [-0.05, 0) is 25.6 Å². The molecule has 0 radical (unpaired) electrons. The van der Waals surface area contributed by atoms with Gasteiger partial charge in [-0.1, -0.05) is 30.3 Å². The van der Waals surface area contributed by atoms with Crippen molar-refractivity contribution in [1.82, 2.24) is 30.0 Å². The summed E-state index contributed by atoms with van der Waals surface area (Å²) in [5.41, 5.74) is 3.71. The third-order valence-corrected chi connectivity index (χ3v) is 5.03. The first-order valence-corrected chi connectivity index (χ1v) is 9.37. The zero-order valence-electron chi connectivity index (χ0n) is 15.5. The lowest BCUT2D eigenvalue weighted by Gasteiger charge is -2.08. The first-order chi connectivity index (χ1) is 13.2. The zero-order valence-corrected chi connectivity index (χ0v) is 15.5. The number of hydrogen-bond donors (Lipinski definition) is 1. The number of hydrogen-bond acceptors (Lipinski definition) is 5. The van der Waals surface area contributed by atoms with Crippen LogP contribution in [0.3, 0.4) is 0 Å². The number of amides is 1. The lowest BCUT2D eigenvalue weighted by Crippen LogP contribution is -2.29. The van der Waals surface area contributed by atoms with Gasteiger partial charge in [-0.25, -0.2) is 14.6 Å². The molecule has 2 aromatic heterocycles. The number of nitrogens with zero attached hydrogens (tertiary/aromatic N) is 5. The van der Waals surface area contributed by atoms with Crippen LogP contribution in [0.5, 0.6) is 0 Å². The number of carbonyl (C=O) groups is 1. The average Bonchev–Trinajstić information content (AvgIpc) is 3.26. The molecule has 0 aliphatic carbocycles. The second-order valence-electron chi connectivity index (χ2n) is 7.10. The topological polar surface area (TPSA) is 75.9 Å². The van der Waals surface area contributed by atoms with Crippen LogP contribution in [0, 0.1) is 0 Å². The smallest absolute Gasteiger partial charge is 0.224 e. The fraction of sp³-hybridized carbons (Fsp3) is 0.400. The third kappa shape index (κ3) is 3.98. The van der Waals surface area contributed by atoms with Gasteiger partial charge < -0.3 is 10.2 Å². The Bertz CT molecular complexity index is 923. The van der Waals surface area contributed by atoms with Gasteiger partial charge in [-0.2, -0.15) is 5.10 Å². The average molecular weight is 364 g/mol. The summed E-state index contributed by atoms with van der Waals surface area (Å²) in [4.78, 5) is 23.4. The molecule has 1 N–H and O–H groups in total. The number of fused-ring (bicyclic) bond motifs is 1. The highest BCUT2D eigenvalue weighted by molar-refractivity contribution is 5.78. The van der Waals surface area contributed by atoms with Gasteiger partial charge in [0.1, 0.15) is 5.52 Å². The number of nitrogens with one attached hydrogen (secondary N) is 1. The molecule has 140 valence electrons. The first kappa shape index (κ1) is 17.6. The zero-order chi connectivity index (χ0) is 18.6. The number of likely N-dealkylation sites (N-methyl/N-ethyl adjacent to an activating group) is 1. The molecule has 0 bridgehead atoms. The maximum atomic E-state index is 12.1. The molecule has 7 heteroatoms. The van der Waals surface area contributed by atoms with Gasteiger partial charge in [0.05, 0.1) is 18.7 Å². The fourth-order valence-electron chi connectivity index (χ4n) is 3.66. The maximum absolute atomic E-state index is 12.1. The summed E-state index contributed by atoms with van der Waals surface area (Å²) in [6, 6.07) is 9.76. The summed E-state index contributed by atoms with van der Waals surface area (Å²) >= 11 is 0. The quantitative estimate of drug-likeness (QED) is 0.719. The van der Waals surface area contributed by atoms with Gasteiger partial charge in [0.2, 0.25) is 5.91 Å². The Balaban J connectivity index is 1.42. The monoisotopic (exact) mass is 364 g/mol. The summed E-state index contributed by atoms with van der Waals surface area (Å²) in [5.74, 6) is 0.407. The van der Waals surface area contributed by atoms with E-state index in [1.807, 2.05) is 35.0 Å².